The molecule has 5 nitrogen and oxygen atoms in total. The average molecular weight is 424 g/mol. The lowest BCUT2D eigenvalue weighted by atomic mass is 10.0. The minimum absolute atomic E-state index is 0.0123. The highest BCUT2D eigenvalue weighted by atomic mass is 32.1. The van der Waals surface area contributed by atoms with Gasteiger partial charge in [0, 0.05) is 18.8 Å². The summed E-state index contributed by atoms with van der Waals surface area (Å²) >= 11 is 5.18. The minimum atomic E-state index is -0.539. The number of amides is 2. The van der Waals surface area contributed by atoms with Gasteiger partial charge in [-0.15, -0.1) is 0 Å². The maximum atomic E-state index is 13.3. The highest BCUT2D eigenvalue weighted by molar-refractivity contribution is 7.80. The number of carbonyl (C=O) groups is 2. The number of nitrogens with one attached hydrogen (secondary N) is 1. The highest BCUT2D eigenvalue weighted by Crippen LogP contribution is 2.26. The summed E-state index contributed by atoms with van der Waals surface area (Å²) in [6.45, 7) is 4.06. The van der Waals surface area contributed by atoms with Gasteiger partial charge < -0.3 is 4.90 Å². The molecule has 2 amide bonds. The molecule has 0 saturated carbocycles. The smallest absolute Gasteiger partial charge is 0.270 e. The average Bonchev–Trinajstić information content (AvgIpc) is 2.74. The van der Waals surface area contributed by atoms with Crippen LogP contribution in [0.15, 0.2) is 48.0 Å². The Kier molecular flexibility index (Phi) is 5.63. The molecule has 4 rings (SSSR count). The third-order valence-corrected chi connectivity index (χ3v) is 5.75. The van der Waals surface area contributed by atoms with Crippen molar-refractivity contribution in [3.8, 4) is 0 Å². The largest absolute Gasteiger partial charge is 0.372 e. The molecule has 2 aliphatic rings. The highest BCUT2D eigenvalue weighted by Gasteiger charge is 2.34. The van der Waals surface area contributed by atoms with Gasteiger partial charge in [-0.2, -0.15) is 0 Å². The van der Waals surface area contributed by atoms with Crippen LogP contribution in [-0.4, -0.2) is 30.0 Å². The van der Waals surface area contributed by atoms with Crippen LogP contribution in [0.3, 0.4) is 0 Å². The maximum Gasteiger partial charge on any atom is 0.270 e. The molecule has 0 radical (unpaired) electrons. The molecule has 0 atom stereocenters. The van der Waals surface area contributed by atoms with E-state index in [0.29, 0.717) is 5.69 Å². The summed E-state index contributed by atoms with van der Waals surface area (Å²) in [7, 11) is 0. The number of nitrogens with zero attached hydrogens (tertiary/aromatic N) is 2. The second-order valence-corrected chi connectivity index (χ2v) is 7.91. The number of anilines is 2. The summed E-state index contributed by atoms with van der Waals surface area (Å²) in [6, 6.07) is 11.4. The van der Waals surface area contributed by atoms with Gasteiger partial charge in [0.15, 0.2) is 5.11 Å². The Balaban J connectivity index is 1.64. The Hall–Kier alpha value is -3.06. The Morgan fingerprint density at radius 2 is 1.67 bits per heavy atom. The molecule has 2 fully saturated rings. The minimum Gasteiger partial charge on any atom is -0.372 e. The lowest BCUT2D eigenvalue weighted by Gasteiger charge is -2.30. The number of piperidine rings is 1. The SMILES string of the molecule is Cc1cc(N2CCCCC2)ccc1/C=C1/C(=O)NC(=S)N(c2ccc(F)cc2)C1=O. The monoisotopic (exact) mass is 423 g/mol. The van der Waals surface area contributed by atoms with Crippen LogP contribution in [-0.2, 0) is 9.59 Å². The standard InChI is InChI=1S/C23H22FN3O2S/c1-15-13-19(26-11-3-2-4-12-26)8-5-16(15)14-20-21(28)25-23(30)27(22(20)29)18-9-6-17(24)7-10-18/h5-10,13-14H,2-4,11-12H2,1H3,(H,25,28,30)/b20-14-. The summed E-state index contributed by atoms with van der Waals surface area (Å²) in [4.78, 5) is 29.1. The number of carbonyl (C=O) groups excluding carboxylic acids is 2. The van der Waals surface area contributed by atoms with Crippen molar-refractivity contribution < 1.29 is 14.0 Å². The number of hydrogen-bond donors (Lipinski definition) is 1. The van der Waals surface area contributed by atoms with Crippen molar-refractivity contribution in [2.24, 2.45) is 0 Å². The third-order valence-electron chi connectivity index (χ3n) is 5.46. The first-order valence-corrected chi connectivity index (χ1v) is 10.4. The molecule has 7 heteroatoms. The van der Waals surface area contributed by atoms with Gasteiger partial charge in [0.2, 0.25) is 0 Å². The molecule has 0 aliphatic carbocycles. The van der Waals surface area contributed by atoms with Gasteiger partial charge in [-0.1, -0.05) is 6.07 Å². The summed E-state index contributed by atoms with van der Waals surface area (Å²) in [5, 5.41) is 2.53. The van der Waals surface area contributed by atoms with Crippen molar-refractivity contribution in [3.05, 3.63) is 65.0 Å². The first kappa shape index (κ1) is 20.2. The fourth-order valence-corrected chi connectivity index (χ4v) is 4.09. The Bertz CT molecular complexity index is 1040. The van der Waals surface area contributed by atoms with Crippen LogP contribution in [0.1, 0.15) is 30.4 Å². The Labute approximate surface area is 180 Å². The van der Waals surface area contributed by atoms with Crippen molar-refractivity contribution in [1.82, 2.24) is 5.32 Å². The molecule has 0 aromatic heterocycles. The van der Waals surface area contributed by atoms with Crippen LogP contribution >= 0.6 is 12.2 Å². The van der Waals surface area contributed by atoms with Crippen molar-refractivity contribution in [2.45, 2.75) is 26.2 Å². The first-order chi connectivity index (χ1) is 14.4. The zero-order chi connectivity index (χ0) is 21.3. The van der Waals surface area contributed by atoms with E-state index in [1.165, 1.54) is 48.4 Å². The molecule has 2 aliphatic heterocycles. The van der Waals surface area contributed by atoms with Gasteiger partial charge in [-0.25, -0.2) is 4.39 Å². The van der Waals surface area contributed by atoms with Gasteiger partial charge in [0.1, 0.15) is 11.4 Å². The predicted octanol–water partition coefficient (Wildman–Crippen LogP) is 3.96. The lowest BCUT2D eigenvalue weighted by Crippen LogP contribution is -2.54. The van der Waals surface area contributed by atoms with E-state index in [9.17, 15) is 14.0 Å². The van der Waals surface area contributed by atoms with Crippen LogP contribution < -0.4 is 15.1 Å². The summed E-state index contributed by atoms with van der Waals surface area (Å²) < 4.78 is 13.3. The van der Waals surface area contributed by atoms with Gasteiger partial charge in [-0.3, -0.25) is 19.8 Å². The normalized spacial score (nSPS) is 18.7. The fraction of sp³-hybridized carbons (Fsp3) is 0.261. The van der Waals surface area contributed by atoms with Gasteiger partial charge in [-0.05, 0) is 92.0 Å². The maximum absolute atomic E-state index is 13.3. The zero-order valence-electron chi connectivity index (χ0n) is 16.7. The second kappa shape index (κ2) is 8.36. The molecule has 0 unspecified atom stereocenters. The second-order valence-electron chi connectivity index (χ2n) is 7.52. The Morgan fingerprint density at radius 3 is 2.33 bits per heavy atom. The number of thiocarbonyl (C=S) groups is 1. The predicted molar refractivity (Wildman–Crippen MR) is 120 cm³/mol. The molecule has 2 aromatic carbocycles. The molecular weight excluding hydrogens is 401 g/mol. The van der Waals surface area contributed by atoms with Crippen molar-refractivity contribution in [2.75, 3.05) is 22.9 Å². The van der Waals surface area contributed by atoms with Gasteiger partial charge in [0.05, 0.1) is 5.69 Å². The summed E-state index contributed by atoms with van der Waals surface area (Å²) in [5.74, 6) is -1.49. The molecule has 2 aromatic rings. The number of benzene rings is 2. The number of rotatable bonds is 3. The number of halogens is 1. The molecule has 30 heavy (non-hydrogen) atoms. The van der Waals surface area contributed by atoms with E-state index in [0.717, 1.165) is 29.9 Å². The van der Waals surface area contributed by atoms with E-state index in [2.05, 4.69) is 16.3 Å². The number of aryl methyl sites for hydroxylation is 1. The molecule has 0 spiro atoms. The van der Waals surface area contributed by atoms with Gasteiger partial charge >= 0.3 is 0 Å². The molecule has 154 valence electrons. The van der Waals surface area contributed by atoms with E-state index in [4.69, 9.17) is 12.2 Å². The van der Waals surface area contributed by atoms with Crippen molar-refractivity contribution >= 4 is 46.6 Å². The molecular formula is C23H22FN3O2S. The first-order valence-electron chi connectivity index (χ1n) is 9.96. The molecule has 2 saturated heterocycles. The summed E-state index contributed by atoms with van der Waals surface area (Å²) in [6.07, 6.45) is 5.24. The van der Waals surface area contributed by atoms with E-state index in [1.807, 2.05) is 19.1 Å². The fourth-order valence-electron chi connectivity index (χ4n) is 3.81. The molecule has 0 bridgehead atoms. The van der Waals surface area contributed by atoms with Crippen molar-refractivity contribution in [3.63, 3.8) is 0 Å². The van der Waals surface area contributed by atoms with Crippen LogP contribution in [0.4, 0.5) is 15.8 Å². The van der Waals surface area contributed by atoms with Crippen LogP contribution in [0.5, 0.6) is 0 Å². The van der Waals surface area contributed by atoms with Crippen LogP contribution in [0, 0.1) is 12.7 Å². The summed E-state index contributed by atoms with van der Waals surface area (Å²) in [5.41, 5.74) is 3.31. The Morgan fingerprint density at radius 1 is 1.00 bits per heavy atom. The quantitative estimate of drug-likeness (QED) is 0.461. The van der Waals surface area contributed by atoms with E-state index in [1.54, 1.807) is 6.08 Å². The molecule has 2 heterocycles. The van der Waals surface area contributed by atoms with Crippen LogP contribution in [0.25, 0.3) is 6.08 Å². The van der Waals surface area contributed by atoms with E-state index in [-0.39, 0.29) is 10.7 Å². The van der Waals surface area contributed by atoms with E-state index >= 15 is 0 Å². The zero-order valence-corrected chi connectivity index (χ0v) is 17.5. The van der Waals surface area contributed by atoms with E-state index < -0.39 is 17.6 Å². The van der Waals surface area contributed by atoms with Gasteiger partial charge in [0.25, 0.3) is 11.8 Å². The lowest BCUT2D eigenvalue weighted by molar-refractivity contribution is -0.122. The van der Waals surface area contributed by atoms with Crippen LogP contribution in [0.2, 0.25) is 0 Å². The number of hydrogen-bond acceptors (Lipinski definition) is 4. The van der Waals surface area contributed by atoms with Crippen molar-refractivity contribution in [1.29, 1.82) is 0 Å². The molecule has 1 N–H and O–H groups in total. The third kappa shape index (κ3) is 3.98. The topological polar surface area (TPSA) is 52.7 Å².